The van der Waals surface area contributed by atoms with Gasteiger partial charge in [0.15, 0.2) is 0 Å². The first-order chi connectivity index (χ1) is 13.2. The second-order valence-electron chi connectivity index (χ2n) is 8.06. The van der Waals surface area contributed by atoms with Crippen LogP contribution in [0.25, 0.3) is 0 Å². The largest absolute Gasteiger partial charge is 0.349 e. The Morgan fingerprint density at radius 2 is 1.52 bits per heavy atom. The summed E-state index contributed by atoms with van der Waals surface area (Å²) in [4.78, 5) is 25.4. The maximum atomic E-state index is 13.1. The van der Waals surface area contributed by atoms with Gasteiger partial charge in [-0.2, -0.15) is 0 Å². The zero-order chi connectivity index (χ0) is 18.6. The summed E-state index contributed by atoms with van der Waals surface area (Å²) >= 11 is 0. The molecular weight excluding hydrogens is 334 g/mol. The molecule has 2 fully saturated rings. The van der Waals surface area contributed by atoms with Crippen LogP contribution in [0.5, 0.6) is 0 Å². The van der Waals surface area contributed by atoms with E-state index in [1.54, 1.807) is 0 Å². The van der Waals surface area contributed by atoms with E-state index in [2.05, 4.69) is 29.6 Å². The summed E-state index contributed by atoms with van der Waals surface area (Å²) in [5, 5.41) is 3.31. The molecule has 2 aliphatic rings. The minimum Gasteiger partial charge on any atom is -0.349 e. The van der Waals surface area contributed by atoms with Gasteiger partial charge in [-0.25, -0.2) is 0 Å². The molecule has 3 atom stereocenters. The highest BCUT2D eigenvalue weighted by Gasteiger charge is 2.41. The van der Waals surface area contributed by atoms with Crippen molar-refractivity contribution in [1.29, 1.82) is 0 Å². The van der Waals surface area contributed by atoms with Crippen LogP contribution in [0.3, 0.4) is 0 Å². The minimum atomic E-state index is -0.0430. The number of ketones is 1. The molecule has 2 aromatic carbocycles. The number of carbonyl (C=O) groups is 2. The van der Waals surface area contributed by atoms with Crippen LogP contribution < -0.4 is 5.32 Å². The lowest BCUT2D eigenvalue weighted by atomic mass is 9.67. The van der Waals surface area contributed by atoms with Crippen LogP contribution in [0, 0.1) is 17.8 Å². The Hall–Kier alpha value is -2.42. The van der Waals surface area contributed by atoms with Crippen LogP contribution in [0.4, 0.5) is 0 Å². The predicted molar refractivity (Wildman–Crippen MR) is 106 cm³/mol. The maximum Gasteiger partial charge on any atom is 0.223 e. The molecule has 0 radical (unpaired) electrons. The number of carbonyl (C=O) groups excluding carboxylic acids is 2. The average Bonchev–Trinajstić information content (AvgIpc) is 2.68. The summed E-state index contributed by atoms with van der Waals surface area (Å²) < 4.78 is 0. The van der Waals surface area contributed by atoms with Crippen LogP contribution in [0.2, 0.25) is 0 Å². The van der Waals surface area contributed by atoms with Crippen molar-refractivity contribution < 1.29 is 9.59 Å². The van der Waals surface area contributed by atoms with E-state index < -0.39 is 0 Å². The molecule has 2 aliphatic carbocycles. The Labute approximate surface area is 161 Å². The third kappa shape index (κ3) is 4.13. The van der Waals surface area contributed by atoms with Gasteiger partial charge in [-0.3, -0.25) is 9.59 Å². The molecule has 0 aromatic heterocycles. The fourth-order valence-electron chi connectivity index (χ4n) is 4.77. The van der Waals surface area contributed by atoms with Crippen LogP contribution in [0.15, 0.2) is 60.7 Å². The van der Waals surface area contributed by atoms with Gasteiger partial charge >= 0.3 is 0 Å². The van der Waals surface area contributed by atoms with E-state index in [0.717, 1.165) is 44.1 Å². The van der Waals surface area contributed by atoms with Crippen molar-refractivity contribution in [3.63, 3.8) is 0 Å². The van der Waals surface area contributed by atoms with Gasteiger partial charge in [0.05, 0.1) is 6.04 Å². The molecule has 2 bridgehead atoms. The molecule has 3 nitrogen and oxygen atoms in total. The average molecular weight is 361 g/mol. The molecule has 4 rings (SSSR count). The molecule has 27 heavy (non-hydrogen) atoms. The Morgan fingerprint density at radius 3 is 2.15 bits per heavy atom. The van der Waals surface area contributed by atoms with E-state index >= 15 is 0 Å². The first-order valence-electron chi connectivity index (χ1n) is 10.1. The van der Waals surface area contributed by atoms with Crippen molar-refractivity contribution in [1.82, 2.24) is 5.32 Å². The molecule has 2 aromatic rings. The smallest absolute Gasteiger partial charge is 0.223 e. The third-order valence-corrected chi connectivity index (χ3v) is 6.22. The zero-order valence-electron chi connectivity index (χ0n) is 15.6. The molecule has 3 unspecified atom stereocenters. The van der Waals surface area contributed by atoms with E-state index in [9.17, 15) is 9.59 Å². The number of Topliss-reactive ketones (excluding diaryl/α,β-unsaturated/α-hetero) is 1. The van der Waals surface area contributed by atoms with E-state index in [4.69, 9.17) is 0 Å². The van der Waals surface area contributed by atoms with E-state index in [1.807, 2.05) is 36.4 Å². The zero-order valence-corrected chi connectivity index (χ0v) is 15.6. The van der Waals surface area contributed by atoms with Crippen LogP contribution in [0.1, 0.15) is 49.3 Å². The second-order valence-corrected chi connectivity index (χ2v) is 8.06. The molecule has 0 heterocycles. The minimum absolute atomic E-state index is 0.0278. The summed E-state index contributed by atoms with van der Waals surface area (Å²) in [6.45, 7) is 0. The van der Waals surface area contributed by atoms with E-state index in [0.29, 0.717) is 5.78 Å². The van der Waals surface area contributed by atoms with Crippen LogP contribution in [-0.4, -0.2) is 11.7 Å². The first-order valence-corrected chi connectivity index (χ1v) is 10.1. The standard InChI is InChI=1S/C24H27NO2/c26-23-19-12-7-13-20(23)16-21(15-19)24(27)25-22(18-10-5-2-6-11-18)14-17-8-3-1-4-9-17/h1-6,8-11,19-22H,7,12-16H2,(H,25,27). The molecule has 0 aliphatic heterocycles. The SMILES string of the molecule is O=C(NC(Cc1ccccc1)c1ccccc1)C1CC2CCCC(C1)C2=O. The Bertz CT molecular complexity index is 771. The summed E-state index contributed by atoms with van der Waals surface area (Å²) in [5.41, 5.74) is 2.34. The number of benzene rings is 2. The topological polar surface area (TPSA) is 46.2 Å². The molecule has 2 saturated carbocycles. The van der Waals surface area contributed by atoms with Gasteiger partial charge in [-0.05, 0) is 43.2 Å². The number of hydrogen-bond donors (Lipinski definition) is 1. The lowest BCUT2D eigenvalue weighted by molar-refractivity contribution is -0.137. The fourth-order valence-corrected chi connectivity index (χ4v) is 4.77. The Kier molecular flexibility index (Phi) is 5.38. The van der Waals surface area contributed by atoms with Crippen molar-refractivity contribution in [3.8, 4) is 0 Å². The fraction of sp³-hybridized carbons (Fsp3) is 0.417. The second kappa shape index (κ2) is 8.08. The molecule has 0 spiro atoms. The van der Waals surface area contributed by atoms with Crippen LogP contribution in [-0.2, 0) is 16.0 Å². The predicted octanol–water partition coefficient (Wildman–Crippen LogP) is 4.48. The number of nitrogens with one attached hydrogen (secondary N) is 1. The molecule has 1 N–H and O–H groups in total. The summed E-state index contributed by atoms with van der Waals surface area (Å²) in [5.74, 6) is 0.716. The Balaban J connectivity index is 1.49. The van der Waals surface area contributed by atoms with Gasteiger partial charge in [0.1, 0.15) is 5.78 Å². The van der Waals surface area contributed by atoms with Crippen molar-refractivity contribution in [2.24, 2.45) is 17.8 Å². The lowest BCUT2D eigenvalue weighted by Gasteiger charge is -2.37. The maximum absolute atomic E-state index is 13.1. The van der Waals surface area contributed by atoms with Gasteiger partial charge in [0.2, 0.25) is 5.91 Å². The van der Waals surface area contributed by atoms with Crippen molar-refractivity contribution in [2.45, 2.75) is 44.6 Å². The first kappa shape index (κ1) is 18.0. The van der Waals surface area contributed by atoms with Gasteiger partial charge in [-0.1, -0.05) is 67.1 Å². The third-order valence-electron chi connectivity index (χ3n) is 6.22. The number of hydrogen-bond acceptors (Lipinski definition) is 2. The molecule has 0 saturated heterocycles. The Morgan fingerprint density at radius 1 is 0.926 bits per heavy atom. The van der Waals surface area contributed by atoms with Gasteiger partial charge in [0.25, 0.3) is 0 Å². The molecule has 140 valence electrons. The van der Waals surface area contributed by atoms with Gasteiger partial charge in [-0.15, -0.1) is 0 Å². The number of amides is 1. The normalized spacial score (nSPS) is 25.6. The van der Waals surface area contributed by atoms with Gasteiger partial charge < -0.3 is 5.32 Å². The molecule has 3 heteroatoms. The van der Waals surface area contributed by atoms with E-state index in [1.165, 1.54) is 5.56 Å². The highest BCUT2D eigenvalue weighted by molar-refractivity contribution is 5.88. The highest BCUT2D eigenvalue weighted by Crippen LogP contribution is 2.40. The molecule has 1 amide bonds. The highest BCUT2D eigenvalue weighted by atomic mass is 16.2. The monoisotopic (exact) mass is 361 g/mol. The van der Waals surface area contributed by atoms with Crippen molar-refractivity contribution in [2.75, 3.05) is 0 Å². The quantitative estimate of drug-likeness (QED) is 0.853. The summed E-state index contributed by atoms with van der Waals surface area (Å²) in [6, 6.07) is 20.4. The van der Waals surface area contributed by atoms with E-state index in [-0.39, 0.29) is 29.7 Å². The van der Waals surface area contributed by atoms with Crippen molar-refractivity contribution >= 4 is 11.7 Å². The number of rotatable bonds is 5. The van der Waals surface area contributed by atoms with Crippen LogP contribution >= 0.6 is 0 Å². The molecular formula is C24H27NO2. The van der Waals surface area contributed by atoms with Crippen molar-refractivity contribution in [3.05, 3.63) is 71.8 Å². The number of fused-ring (bicyclic) bond motifs is 2. The van der Waals surface area contributed by atoms with Gasteiger partial charge in [0, 0.05) is 17.8 Å². The summed E-state index contributed by atoms with van der Waals surface area (Å²) in [7, 11) is 0. The lowest BCUT2D eigenvalue weighted by Crippen LogP contribution is -2.43. The summed E-state index contributed by atoms with van der Waals surface area (Å²) in [6.07, 6.45) is 5.30.